The molecule has 3 heteroatoms. The monoisotopic (exact) mass is 703 g/mol. The average molecular weight is 704 g/mol. The smallest absolute Gasteiger partial charge is 0.137 e. The SMILES string of the molecule is C=C(/C=C\C=C/C)C1(c2ccccc2)c2ccccc2-c2c1ccc1c(-c3cccc(-c4c(-c5ccccc5)nc5ccccn45)c3)nc3ccccc3c21. The first kappa shape index (κ1) is 32.5. The number of benzene rings is 6. The van der Waals surface area contributed by atoms with E-state index in [2.05, 4.69) is 187 Å². The molecule has 0 saturated heterocycles. The number of hydrogen-bond acceptors (Lipinski definition) is 2. The van der Waals surface area contributed by atoms with Gasteiger partial charge in [0.1, 0.15) is 5.65 Å². The Balaban J connectivity index is 1.27. The Morgan fingerprint density at radius 2 is 1.33 bits per heavy atom. The fourth-order valence-electron chi connectivity index (χ4n) is 8.85. The highest BCUT2D eigenvalue weighted by atomic mass is 15.0. The van der Waals surface area contributed by atoms with Gasteiger partial charge in [-0.3, -0.25) is 4.40 Å². The Kier molecular flexibility index (Phi) is 7.74. The highest BCUT2D eigenvalue weighted by Gasteiger charge is 2.46. The van der Waals surface area contributed by atoms with Crippen LogP contribution in [0, 0.1) is 0 Å². The van der Waals surface area contributed by atoms with Gasteiger partial charge in [-0.05, 0) is 64.6 Å². The molecule has 0 bridgehead atoms. The van der Waals surface area contributed by atoms with E-state index in [0.717, 1.165) is 61.3 Å². The number of pyridine rings is 2. The molecule has 55 heavy (non-hydrogen) atoms. The van der Waals surface area contributed by atoms with Crippen molar-refractivity contribution in [2.75, 3.05) is 0 Å². The number of allylic oxidation sites excluding steroid dienone is 5. The molecule has 1 aliphatic carbocycles. The Bertz CT molecular complexity index is 3000. The number of imidazole rings is 1. The van der Waals surface area contributed by atoms with Crippen LogP contribution < -0.4 is 0 Å². The number of rotatable bonds is 7. The lowest BCUT2D eigenvalue weighted by molar-refractivity contribution is 0.771. The van der Waals surface area contributed by atoms with Crippen LogP contribution in [0.2, 0.25) is 0 Å². The second kappa shape index (κ2) is 13.1. The molecule has 3 aromatic heterocycles. The highest BCUT2D eigenvalue weighted by molar-refractivity contribution is 6.19. The van der Waals surface area contributed by atoms with Gasteiger partial charge in [0.15, 0.2) is 0 Å². The number of para-hydroxylation sites is 1. The summed E-state index contributed by atoms with van der Waals surface area (Å²) >= 11 is 0. The molecule has 3 nitrogen and oxygen atoms in total. The molecule has 6 aromatic carbocycles. The standard InChI is InChI=1S/C52H37N3/c1-3-4-7-19-35(2)52(39-24-10-6-11-25-39)43-28-14-12-26-40(43)48-44(52)32-31-42-47(48)41-27-13-15-29-45(41)53-49(42)37-22-18-23-38(34-37)51-50(36-20-8-5-9-21-36)54-46-30-16-17-33-55(46)51/h3-34H,2H2,1H3/b4-3-,19-7-. The number of nitrogens with zero attached hydrogens (tertiary/aromatic N) is 3. The van der Waals surface area contributed by atoms with Crippen LogP contribution >= 0.6 is 0 Å². The minimum absolute atomic E-state index is 0.583. The van der Waals surface area contributed by atoms with Crippen LogP contribution in [0.4, 0.5) is 0 Å². The molecule has 0 amide bonds. The first-order valence-corrected chi connectivity index (χ1v) is 18.8. The molecule has 1 unspecified atom stereocenters. The fraction of sp³-hybridized carbons (Fsp3) is 0.0385. The van der Waals surface area contributed by atoms with E-state index in [1.807, 2.05) is 19.1 Å². The molecular formula is C52H37N3. The predicted octanol–water partition coefficient (Wildman–Crippen LogP) is 13.0. The summed E-state index contributed by atoms with van der Waals surface area (Å²) in [4.78, 5) is 10.6. The van der Waals surface area contributed by atoms with Gasteiger partial charge in [0.25, 0.3) is 0 Å². The van der Waals surface area contributed by atoms with Crippen molar-refractivity contribution in [2.24, 2.45) is 0 Å². The number of hydrogen-bond donors (Lipinski definition) is 0. The molecule has 1 atom stereocenters. The molecule has 0 spiro atoms. The van der Waals surface area contributed by atoms with Gasteiger partial charge in [-0.1, -0.05) is 170 Å². The van der Waals surface area contributed by atoms with E-state index < -0.39 is 5.41 Å². The zero-order valence-corrected chi connectivity index (χ0v) is 30.5. The van der Waals surface area contributed by atoms with Crippen LogP contribution in [0.1, 0.15) is 23.6 Å². The Labute approximate surface area is 320 Å². The summed E-state index contributed by atoms with van der Waals surface area (Å²) in [7, 11) is 0. The number of fused-ring (bicyclic) bond motifs is 8. The average Bonchev–Trinajstić information content (AvgIpc) is 3.79. The van der Waals surface area contributed by atoms with Crippen molar-refractivity contribution < 1.29 is 0 Å². The fourth-order valence-corrected chi connectivity index (χ4v) is 8.85. The maximum absolute atomic E-state index is 5.44. The van der Waals surface area contributed by atoms with Crippen LogP contribution in [-0.4, -0.2) is 14.4 Å². The molecule has 10 rings (SSSR count). The molecule has 260 valence electrons. The van der Waals surface area contributed by atoms with E-state index >= 15 is 0 Å². The van der Waals surface area contributed by atoms with Gasteiger partial charge in [-0.2, -0.15) is 0 Å². The molecule has 0 N–H and O–H groups in total. The quantitative estimate of drug-likeness (QED) is 0.122. The Hall–Kier alpha value is -7.10. The van der Waals surface area contributed by atoms with Gasteiger partial charge in [-0.25, -0.2) is 9.97 Å². The van der Waals surface area contributed by atoms with Crippen LogP contribution in [0.15, 0.2) is 206 Å². The molecular weight excluding hydrogens is 667 g/mol. The van der Waals surface area contributed by atoms with Crippen molar-refractivity contribution in [3.63, 3.8) is 0 Å². The second-order valence-electron chi connectivity index (χ2n) is 14.1. The maximum atomic E-state index is 5.44. The van der Waals surface area contributed by atoms with E-state index in [9.17, 15) is 0 Å². The lowest BCUT2D eigenvalue weighted by Gasteiger charge is -2.34. The van der Waals surface area contributed by atoms with Crippen molar-refractivity contribution in [3.8, 4) is 44.9 Å². The van der Waals surface area contributed by atoms with Gasteiger partial charge >= 0.3 is 0 Å². The first-order chi connectivity index (χ1) is 27.2. The van der Waals surface area contributed by atoms with E-state index in [-0.39, 0.29) is 0 Å². The molecule has 1 aliphatic rings. The first-order valence-electron chi connectivity index (χ1n) is 18.8. The third-order valence-electron chi connectivity index (χ3n) is 11.1. The van der Waals surface area contributed by atoms with Crippen molar-refractivity contribution in [1.29, 1.82) is 0 Å². The lowest BCUT2D eigenvalue weighted by atomic mass is 9.67. The molecule has 9 aromatic rings. The van der Waals surface area contributed by atoms with Gasteiger partial charge in [-0.15, -0.1) is 0 Å². The molecule has 3 heterocycles. The molecule has 0 radical (unpaired) electrons. The van der Waals surface area contributed by atoms with E-state index in [4.69, 9.17) is 16.5 Å². The van der Waals surface area contributed by atoms with Crippen molar-refractivity contribution in [1.82, 2.24) is 14.4 Å². The Morgan fingerprint density at radius 3 is 2.18 bits per heavy atom. The summed E-state index contributed by atoms with van der Waals surface area (Å²) in [5.41, 5.74) is 14.6. The summed E-state index contributed by atoms with van der Waals surface area (Å²) in [5.74, 6) is 0. The molecule has 0 aliphatic heterocycles. The topological polar surface area (TPSA) is 30.2 Å². The minimum Gasteiger partial charge on any atom is -0.299 e. The largest absolute Gasteiger partial charge is 0.299 e. The lowest BCUT2D eigenvalue weighted by Crippen LogP contribution is -2.28. The van der Waals surface area contributed by atoms with Crippen molar-refractivity contribution in [2.45, 2.75) is 12.3 Å². The molecule has 0 saturated carbocycles. The van der Waals surface area contributed by atoms with Gasteiger partial charge in [0, 0.05) is 39.0 Å². The highest BCUT2D eigenvalue weighted by Crippen LogP contribution is 2.59. The van der Waals surface area contributed by atoms with Gasteiger partial charge < -0.3 is 0 Å². The summed E-state index contributed by atoms with van der Waals surface area (Å²) in [6.07, 6.45) is 10.5. The zero-order valence-electron chi connectivity index (χ0n) is 30.5. The van der Waals surface area contributed by atoms with Gasteiger partial charge in [0.2, 0.25) is 0 Å². The van der Waals surface area contributed by atoms with Crippen LogP contribution in [0.25, 0.3) is 72.2 Å². The maximum Gasteiger partial charge on any atom is 0.137 e. The minimum atomic E-state index is -0.583. The van der Waals surface area contributed by atoms with E-state index in [0.29, 0.717) is 0 Å². The van der Waals surface area contributed by atoms with E-state index in [1.165, 1.54) is 33.2 Å². The van der Waals surface area contributed by atoms with Gasteiger partial charge in [0.05, 0.1) is 28.0 Å². The van der Waals surface area contributed by atoms with Crippen molar-refractivity contribution >= 4 is 27.3 Å². The summed E-state index contributed by atoms with van der Waals surface area (Å²) in [6, 6.07) is 58.4. The second-order valence-corrected chi connectivity index (χ2v) is 14.1. The third kappa shape index (κ3) is 4.97. The summed E-state index contributed by atoms with van der Waals surface area (Å²) < 4.78 is 2.19. The Morgan fingerprint density at radius 1 is 0.600 bits per heavy atom. The number of aromatic nitrogens is 3. The predicted molar refractivity (Wildman–Crippen MR) is 229 cm³/mol. The normalized spacial score (nSPS) is 15.0. The van der Waals surface area contributed by atoms with E-state index in [1.54, 1.807) is 0 Å². The summed E-state index contributed by atoms with van der Waals surface area (Å²) in [5, 5.41) is 3.46. The third-order valence-corrected chi connectivity index (χ3v) is 11.1. The van der Waals surface area contributed by atoms with Crippen LogP contribution in [0.5, 0.6) is 0 Å². The molecule has 0 fully saturated rings. The summed E-state index contributed by atoms with van der Waals surface area (Å²) in [6.45, 7) is 6.85. The van der Waals surface area contributed by atoms with Crippen LogP contribution in [-0.2, 0) is 5.41 Å². The van der Waals surface area contributed by atoms with Crippen LogP contribution in [0.3, 0.4) is 0 Å². The zero-order chi connectivity index (χ0) is 36.9. The van der Waals surface area contributed by atoms with Crippen molar-refractivity contribution in [3.05, 3.63) is 223 Å².